The van der Waals surface area contributed by atoms with Crippen LogP contribution in [0.15, 0.2) is 42.6 Å². The summed E-state index contributed by atoms with van der Waals surface area (Å²) in [6, 6.07) is 10.1. The van der Waals surface area contributed by atoms with E-state index in [1.165, 1.54) is 12.1 Å². The lowest BCUT2D eigenvalue weighted by Gasteiger charge is -2.16. The van der Waals surface area contributed by atoms with Crippen molar-refractivity contribution in [2.24, 2.45) is 0 Å². The van der Waals surface area contributed by atoms with Crippen LogP contribution in [0.25, 0.3) is 11.3 Å². The summed E-state index contributed by atoms with van der Waals surface area (Å²) >= 11 is 0. The fourth-order valence-corrected chi connectivity index (χ4v) is 3.71. The molecule has 3 heterocycles. The largest absolute Gasteiger partial charge is 0.397 e. The molecule has 4 rings (SSSR count). The van der Waals surface area contributed by atoms with Crippen LogP contribution in [0.2, 0.25) is 0 Å². The Kier molecular flexibility index (Phi) is 5.46. The highest BCUT2D eigenvalue weighted by atomic mass is 19.1. The lowest BCUT2D eigenvalue weighted by molar-refractivity contribution is -0.131. The zero-order valence-electron chi connectivity index (χ0n) is 17.0. The Morgan fingerprint density at radius 3 is 2.77 bits per heavy atom. The molecule has 3 aromatic rings. The first-order chi connectivity index (χ1) is 14.4. The van der Waals surface area contributed by atoms with Crippen LogP contribution in [0, 0.1) is 12.7 Å². The number of nitrogen functional groups attached to an aromatic ring is 1. The third-order valence-corrected chi connectivity index (χ3v) is 5.30. The summed E-state index contributed by atoms with van der Waals surface area (Å²) < 4.78 is 18.6. The van der Waals surface area contributed by atoms with E-state index < -0.39 is 0 Å². The number of halogens is 1. The number of carbonyl (C=O) groups excluding carboxylic acids is 1. The number of hydrogen-bond acceptors (Lipinski definition) is 5. The summed E-state index contributed by atoms with van der Waals surface area (Å²) in [6.07, 6.45) is 1.91. The number of benzene rings is 1. The number of ether oxygens (including phenoxy) is 1. The molecule has 0 atom stereocenters. The molecule has 1 amide bonds. The van der Waals surface area contributed by atoms with Crippen molar-refractivity contribution in [3.05, 3.63) is 76.5 Å². The first-order valence-electron chi connectivity index (χ1n) is 9.70. The van der Waals surface area contributed by atoms with Crippen molar-refractivity contribution in [3.8, 4) is 11.3 Å². The second-order valence-corrected chi connectivity index (χ2v) is 7.50. The zero-order valence-corrected chi connectivity index (χ0v) is 17.0. The highest BCUT2D eigenvalue weighted by Crippen LogP contribution is 2.27. The minimum absolute atomic E-state index is 0.0494. The molecule has 1 aromatic carbocycles. The predicted molar refractivity (Wildman–Crippen MR) is 112 cm³/mol. The van der Waals surface area contributed by atoms with Gasteiger partial charge < -0.3 is 15.4 Å². The van der Waals surface area contributed by atoms with E-state index in [9.17, 15) is 9.18 Å². The third kappa shape index (κ3) is 4.02. The van der Waals surface area contributed by atoms with Gasteiger partial charge >= 0.3 is 0 Å². The minimum Gasteiger partial charge on any atom is -0.397 e. The third-order valence-electron chi connectivity index (χ3n) is 5.30. The Morgan fingerprint density at radius 2 is 2.00 bits per heavy atom. The molecular weight excluding hydrogens is 383 g/mol. The summed E-state index contributed by atoms with van der Waals surface area (Å²) in [5.74, 6) is -0.342. The molecule has 2 aromatic heterocycles. The number of rotatable bonds is 5. The molecule has 7 heteroatoms. The standard InChI is InChI=1S/C23H23FN4O2/c1-14-7-17(24)3-4-19(14)21-6-5-20(25)22(27-21)9-23(29)28-11-15-8-18(13-30-2)26-10-16(15)12-28/h3-8,10H,9,11-13,25H2,1-2H3. The van der Waals surface area contributed by atoms with Gasteiger partial charge in [-0.1, -0.05) is 0 Å². The van der Waals surface area contributed by atoms with E-state index in [1.54, 1.807) is 30.2 Å². The fraction of sp³-hybridized carbons (Fsp3) is 0.261. The average molecular weight is 406 g/mol. The van der Waals surface area contributed by atoms with Crippen LogP contribution in [-0.2, 0) is 35.6 Å². The van der Waals surface area contributed by atoms with Crippen LogP contribution in [0.4, 0.5) is 10.1 Å². The molecule has 0 radical (unpaired) electrons. The molecule has 0 saturated carbocycles. The maximum atomic E-state index is 13.4. The van der Waals surface area contributed by atoms with Gasteiger partial charge in [0.1, 0.15) is 5.82 Å². The van der Waals surface area contributed by atoms with E-state index >= 15 is 0 Å². The van der Waals surface area contributed by atoms with Gasteiger partial charge in [-0.3, -0.25) is 14.8 Å². The fourth-order valence-electron chi connectivity index (χ4n) is 3.71. The van der Waals surface area contributed by atoms with Gasteiger partial charge in [-0.05, 0) is 60.0 Å². The van der Waals surface area contributed by atoms with Gasteiger partial charge in [0.2, 0.25) is 5.91 Å². The number of hydrogen-bond donors (Lipinski definition) is 1. The molecular formula is C23H23FN4O2. The quantitative estimate of drug-likeness (QED) is 0.702. The maximum absolute atomic E-state index is 13.4. The summed E-state index contributed by atoms with van der Waals surface area (Å²) in [6.45, 7) is 3.32. The molecule has 6 nitrogen and oxygen atoms in total. The minimum atomic E-state index is -0.293. The Labute approximate surface area is 174 Å². The van der Waals surface area contributed by atoms with Gasteiger partial charge in [0.05, 0.1) is 35.8 Å². The highest BCUT2D eigenvalue weighted by molar-refractivity contribution is 5.81. The molecule has 1 aliphatic heterocycles. The smallest absolute Gasteiger partial charge is 0.229 e. The van der Waals surface area contributed by atoms with Crippen molar-refractivity contribution in [2.75, 3.05) is 12.8 Å². The molecule has 0 saturated heterocycles. The van der Waals surface area contributed by atoms with Crippen LogP contribution in [0.1, 0.15) is 28.1 Å². The number of anilines is 1. The Hall–Kier alpha value is -3.32. The number of aryl methyl sites for hydroxylation is 1. The second kappa shape index (κ2) is 8.20. The van der Waals surface area contributed by atoms with Gasteiger partial charge in [0.15, 0.2) is 0 Å². The van der Waals surface area contributed by atoms with Crippen LogP contribution >= 0.6 is 0 Å². The summed E-state index contributed by atoms with van der Waals surface area (Å²) in [7, 11) is 1.63. The van der Waals surface area contributed by atoms with Crippen LogP contribution in [0.3, 0.4) is 0 Å². The molecule has 2 N–H and O–H groups in total. The van der Waals surface area contributed by atoms with Crippen LogP contribution in [0.5, 0.6) is 0 Å². The number of amides is 1. The van der Waals surface area contributed by atoms with Crippen LogP contribution < -0.4 is 5.73 Å². The zero-order chi connectivity index (χ0) is 21.3. The van der Waals surface area contributed by atoms with E-state index in [4.69, 9.17) is 10.5 Å². The van der Waals surface area contributed by atoms with E-state index in [-0.39, 0.29) is 18.1 Å². The first kappa shape index (κ1) is 20.0. The number of carbonyl (C=O) groups is 1. The predicted octanol–water partition coefficient (Wildman–Crippen LogP) is 3.40. The van der Waals surface area contributed by atoms with Gasteiger partial charge in [-0.15, -0.1) is 0 Å². The molecule has 0 bridgehead atoms. The first-order valence-corrected chi connectivity index (χ1v) is 9.70. The van der Waals surface area contributed by atoms with E-state index in [2.05, 4.69) is 9.97 Å². The highest BCUT2D eigenvalue weighted by Gasteiger charge is 2.25. The molecule has 0 unspecified atom stereocenters. The monoisotopic (exact) mass is 406 g/mol. The van der Waals surface area contributed by atoms with E-state index in [1.807, 2.05) is 19.2 Å². The van der Waals surface area contributed by atoms with Crippen LogP contribution in [-0.4, -0.2) is 27.9 Å². The SMILES string of the molecule is COCc1cc2c(cn1)CN(C(=O)Cc1nc(-c3ccc(F)cc3C)ccc1N)C2. The van der Waals surface area contributed by atoms with E-state index in [0.29, 0.717) is 36.8 Å². The maximum Gasteiger partial charge on any atom is 0.229 e. The number of nitrogens with two attached hydrogens (primary N) is 1. The van der Waals surface area contributed by atoms with Gasteiger partial charge in [-0.25, -0.2) is 4.39 Å². The summed E-state index contributed by atoms with van der Waals surface area (Å²) in [5, 5.41) is 0. The summed E-state index contributed by atoms with van der Waals surface area (Å²) in [4.78, 5) is 23.7. The Balaban J connectivity index is 1.52. The molecule has 154 valence electrons. The Morgan fingerprint density at radius 1 is 1.20 bits per heavy atom. The van der Waals surface area contributed by atoms with Crippen molar-refractivity contribution in [3.63, 3.8) is 0 Å². The van der Waals surface area contributed by atoms with Gasteiger partial charge in [0, 0.05) is 32.0 Å². The second-order valence-electron chi connectivity index (χ2n) is 7.50. The number of nitrogens with zero attached hydrogens (tertiary/aromatic N) is 3. The number of methoxy groups -OCH3 is 1. The van der Waals surface area contributed by atoms with Crippen molar-refractivity contribution < 1.29 is 13.9 Å². The lowest BCUT2D eigenvalue weighted by Crippen LogP contribution is -2.27. The lowest BCUT2D eigenvalue weighted by atomic mass is 10.0. The normalized spacial score (nSPS) is 12.8. The molecule has 0 aliphatic carbocycles. The van der Waals surface area contributed by atoms with Crippen molar-refractivity contribution in [1.82, 2.24) is 14.9 Å². The number of fused-ring (bicyclic) bond motifs is 1. The van der Waals surface area contributed by atoms with Crippen molar-refractivity contribution in [2.45, 2.75) is 33.0 Å². The molecule has 1 aliphatic rings. The van der Waals surface area contributed by atoms with Crippen molar-refractivity contribution >= 4 is 11.6 Å². The number of aromatic nitrogens is 2. The average Bonchev–Trinajstić information content (AvgIpc) is 3.14. The molecule has 0 spiro atoms. The topological polar surface area (TPSA) is 81.3 Å². The Bertz CT molecular complexity index is 1120. The van der Waals surface area contributed by atoms with Gasteiger partial charge in [0.25, 0.3) is 0 Å². The van der Waals surface area contributed by atoms with Crippen molar-refractivity contribution in [1.29, 1.82) is 0 Å². The molecule has 30 heavy (non-hydrogen) atoms. The molecule has 0 fully saturated rings. The number of pyridine rings is 2. The summed E-state index contributed by atoms with van der Waals surface area (Å²) in [5.41, 5.74) is 12.3. The van der Waals surface area contributed by atoms with Gasteiger partial charge in [-0.2, -0.15) is 0 Å². The van der Waals surface area contributed by atoms with E-state index in [0.717, 1.165) is 27.9 Å².